The minimum atomic E-state index is 0.558. The normalized spacial score (nSPS) is 13.8. The quantitative estimate of drug-likeness (QED) is 0.747. The Morgan fingerprint density at radius 2 is 2.25 bits per heavy atom. The van der Waals surface area contributed by atoms with Gasteiger partial charge in [0.2, 0.25) is 0 Å². The minimum absolute atomic E-state index is 0.558. The summed E-state index contributed by atoms with van der Waals surface area (Å²) in [6, 6.07) is 0. The molecule has 0 aliphatic carbocycles. The van der Waals surface area contributed by atoms with E-state index in [-0.39, 0.29) is 0 Å². The summed E-state index contributed by atoms with van der Waals surface area (Å²) in [6.45, 7) is 6.48. The Labute approximate surface area is 86.3 Å². The fourth-order valence-corrected chi connectivity index (χ4v) is 2.25. The van der Waals surface area contributed by atoms with E-state index in [0.717, 1.165) is 12.1 Å². The van der Waals surface area contributed by atoms with Crippen LogP contribution in [-0.4, -0.2) is 9.81 Å². The lowest BCUT2D eigenvalue weighted by atomic mass is 10.1. The van der Waals surface area contributed by atoms with Gasteiger partial charge in [0.15, 0.2) is 0 Å². The monoisotopic (exact) mass is 247 g/mol. The molecule has 0 spiro atoms. The first-order valence-electron chi connectivity index (χ1n) is 4.14. The molecule has 0 aliphatic rings. The molecular formula is C9H14BrNS. The molecule has 1 atom stereocenters. The van der Waals surface area contributed by atoms with Gasteiger partial charge in [0, 0.05) is 22.3 Å². The molecule has 0 fully saturated rings. The highest BCUT2D eigenvalue weighted by atomic mass is 79.9. The second-order valence-electron chi connectivity index (χ2n) is 3.35. The molecule has 3 heteroatoms. The maximum absolute atomic E-state index is 4.42. The molecule has 0 aliphatic heterocycles. The zero-order valence-electron chi connectivity index (χ0n) is 7.67. The highest BCUT2D eigenvalue weighted by molar-refractivity contribution is 9.09. The van der Waals surface area contributed by atoms with Crippen molar-refractivity contribution in [1.82, 2.24) is 4.98 Å². The summed E-state index contributed by atoms with van der Waals surface area (Å²) >= 11 is 5.41. The van der Waals surface area contributed by atoms with Crippen LogP contribution in [0.3, 0.4) is 0 Å². The van der Waals surface area contributed by atoms with Gasteiger partial charge in [-0.2, -0.15) is 0 Å². The number of alkyl halides is 1. The van der Waals surface area contributed by atoms with E-state index >= 15 is 0 Å². The molecule has 12 heavy (non-hydrogen) atoms. The molecule has 1 aromatic rings. The van der Waals surface area contributed by atoms with Crippen molar-refractivity contribution >= 4 is 27.3 Å². The van der Waals surface area contributed by atoms with Gasteiger partial charge in [-0.05, 0) is 12.8 Å². The molecule has 1 aromatic heterocycles. The average molecular weight is 248 g/mol. The molecule has 1 heterocycles. The van der Waals surface area contributed by atoms with Crippen molar-refractivity contribution in [2.24, 2.45) is 5.92 Å². The second-order valence-corrected chi connectivity index (χ2v) is 5.47. The maximum atomic E-state index is 4.42. The molecule has 68 valence electrons. The minimum Gasteiger partial charge on any atom is -0.247 e. The number of hydrogen-bond acceptors (Lipinski definition) is 2. The third kappa shape index (κ3) is 2.87. The molecule has 1 rings (SSSR count). The number of hydrogen-bond donors (Lipinski definition) is 0. The SMILES string of the molecule is Cc1csc(CC(Br)C(C)C)n1. The van der Waals surface area contributed by atoms with Crippen LogP contribution in [0.25, 0.3) is 0 Å². The van der Waals surface area contributed by atoms with Crippen LogP contribution in [0.4, 0.5) is 0 Å². The van der Waals surface area contributed by atoms with E-state index in [1.165, 1.54) is 5.01 Å². The van der Waals surface area contributed by atoms with Gasteiger partial charge in [0.25, 0.3) is 0 Å². The topological polar surface area (TPSA) is 12.9 Å². The van der Waals surface area contributed by atoms with E-state index < -0.39 is 0 Å². The maximum Gasteiger partial charge on any atom is 0.0939 e. The number of halogens is 1. The van der Waals surface area contributed by atoms with E-state index in [4.69, 9.17) is 0 Å². The third-order valence-corrected chi connectivity index (χ3v) is 4.13. The van der Waals surface area contributed by atoms with Crippen molar-refractivity contribution < 1.29 is 0 Å². The van der Waals surface area contributed by atoms with Gasteiger partial charge in [-0.15, -0.1) is 11.3 Å². The first-order chi connectivity index (χ1) is 5.59. The van der Waals surface area contributed by atoms with Crippen molar-refractivity contribution in [3.8, 4) is 0 Å². The number of rotatable bonds is 3. The Hall–Kier alpha value is 0.110. The Bertz CT molecular complexity index is 244. The third-order valence-electron chi connectivity index (χ3n) is 1.76. The van der Waals surface area contributed by atoms with Crippen LogP contribution >= 0.6 is 27.3 Å². The molecule has 1 unspecified atom stereocenters. The largest absolute Gasteiger partial charge is 0.247 e. The Morgan fingerprint density at radius 3 is 2.67 bits per heavy atom. The fourth-order valence-electron chi connectivity index (χ4n) is 0.899. The summed E-state index contributed by atoms with van der Waals surface area (Å²) in [5.41, 5.74) is 1.14. The van der Waals surface area contributed by atoms with Gasteiger partial charge in [-0.3, -0.25) is 0 Å². The molecule has 0 radical (unpaired) electrons. The zero-order valence-corrected chi connectivity index (χ0v) is 10.1. The highest BCUT2D eigenvalue weighted by Crippen LogP contribution is 2.19. The van der Waals surface area contributed by atoms with Gasteiger partial charge in [0.1, 0.15) is 0 Å². The number of aryl methyl sites for hydroxylation is 1. The summed E-state index contributed by atoms with van der Waals surface area (Å²) in [6.07, 6.45) is 1.05. The van der Waals surface area contributed by atoms with Crippen LogP contribution in [0, 0.1) is 12.8 Å². The molecule has 0 aromatic carbocycles. The van der Waals surface area contributed by atoms with Gasteiger partial charge in [-0.25, -0.2) is 4.98 Å². The van der Waals surface area contributed by atoms with Crippen LogP contribution in [-0.2, 0) is 6.42 Å². The van der Waals surface area contributed by atoms with E-state index in [1.807, 2.05) is 6.92 Å². The van der Waals surface area contributed by atoms with Crippen LogP contribution in [0.15, 0.2) is 5.38 Å². The van der Waals surface area contributed by atoms with E-state index in [2.05, 4.69) is 40.1 Å². The predicted octanol–water partition coefficient (Wildman–Crippen LogP) is 3.41. The summed E-state index contributed by atoms with van der Waals surface area (Å²) in [4.78, 5) is 4.98. The van der Waals surface area contributed by atoms with Crippen molar-refractivity contribution in [2.75, 3.05) is 0 Å². The highest BCUT2D eigenvalue weighted by Gasteiger charge is 2.11. The van der Waals surface area contributed by atoms with E-state index in [1.54, 1.807) is 11.3 Å². The van der Waals surface area contributed by atoms with Gasteiger partial charge in [-0.1, -0.05) is 29.8 Å². The lowest BCUT2D eigenvalue weighted by Crippen LogP contribution is -2.10. The summed E-state index contributed by atoms with van der Waals surface area (Å²) in [5.74, 6) is 0.675. The van der Waals surface area contributed by atoms with Crippen molar-refractivity contribution in [3.63, 3.8) is 0 Å². The zero-order chi connectivity index (χ0) is 9.14. The Kier molecular flexibility index (Phi) is 3.72. The van der Waals surface area contributed by atoms with Crippen molar-refractivity contribution in [1.29, 1.82) is 0 Å². The molecule has 0 saturated carbocycles. The molecule has 0 amide bonds. The standard InChI is InChI=1S/C9H14BrNS/c1-6(2)8(10)4-9-11-7(3)5-12-9/h5-6,8H,4H2,1-3H3. The lowest BCUT2D eigenvalue weighted by molar-refractivity contribution is 0.611. The summed E-state index contributed by atoms with van der Waals surface area (Å²) in [5, 5.41) is 3.35. The molecule has 0 bridgehead atoms. The van der Waals surface area contributed by atoms with Crippen LogP contribution < -0.4 is 0 Å². The Balaban J connectivity index is 2.52. The van der Waals surface area contributed by atoms with Crippen LogP contribution in [0.2, 0.25) is 0 Å². The first kappa shape index (κ1) is 10.2. The summed E-state index contributed by atoms with van der Waals surface area (Å²) < 4.78 is 0. The smallest absolute Gasteiger partial charge is 0.0939 e. The molecule has 0 saturated heterocycles. The van der Waals surface area contributed by atoms with Gasteiger partial charge in [0.05, 0.1) is 5.01 Å². The van der Waals surface area contributed by atoms with Gasteiger partial charge >= 0.3 is 0 Å². The summed E-state index contributed by atoms with van der Waals surface area (Å²) in [7, 11) is 0. The van der Waals surface area contributed by atoms with Gasteiger partial charge < -0.3 is 0 Å². The first-order valence-corrected chi connectivity index (χ1v) is 5.94. The lowest BCUT2D eigenvalue weighted by Gasteiger charge is -2.10. The predicted molar refractivity (Wildman–Crippen MR) is 58.1 cm³/mol. The van der Waals surface area contributed by atoms with E-state index in [9.17, 15) is 0 Å². The second kappa shape index (κ2) is 4.38. The number of nitrogens with zero attached hydrogens (tertiary/aromatic N) is 1. The molecular weight excluding hydrogens is 234 g/mol. The molecule has 1 nitrogen and oxygen atoms in total. The van der Waals surface area contributed by atoms with Crippen molar-refractivity contribution in [2.45, 2.75) is 32.0 Å². The van der Waals surface area contributed by atoms with Crippen LogP contribution in [0.1, 0.15) is 24.5 Å². The Morgan fingerprint density at radius 1 is 1.58 bits per heavy atom. The number of thiazole rings is 1. The molecule has 0 N–H and O–H groups in total. The number of aromatic nitrogens is 1. The average Bonchev–Trinajstić information content (AvgIpc) is 2.35. The fraction of sp³-hybridized carbons (Fsp3) is 0.667. The van der Waals surface area contributed by atoms with Crippen LogP contribution in [0.5, 0.6) is 0 Å². The van der Waals surface area contributed by atoms with E-state index in [0.29, 0.717) is 10.7 Å². The van der Waals surface area contributed by atoms with Crippen molar-refractivity contribution in [3.05, 3.63) is 16.1 Å².